The summed E-state index contributed by atoms with van der Waals surface area (Å²) in [5, 5.41) is 3.26. The van der Waals surface area contributed by atoms with Crippen molar-refractivity contribution in [1.82, 2.24) is 15.1 Å². The van der Waals surface area contributed by atoms with Crippen molar-refractivity contribution in [3.8, 4) is 0 Å². The molecule has 0 spiro atoms. The standard InChI is InChI=1S/C24H28ClFN4O2S/c1-28-10-12-29(13-11-28)9-3-8-27-24(32)17-6-7-22-21(14-17)30(23(31)16-33-22)15-18-19(25)4-2-5-20(18)26/h2,4-7,14H,3,8-13,15-16H2,1H3,(H,27,32). The van der Waals surface area contributed by atoms with Crippen LogP contribution in [0, 0.1) is 5.82 Å². The molecule has 4 rings (SSSR count). The van der Waals surface area contributed by atoms with Crippen LogP contribution in [0.5, 0.6) is 0 Å². The number of nitrogens with one attached hydrogen (secondary N) is 1. The number of halogens is 2. The van der Waals surface area contributed by atoms with Crippen LogP contribution < -0.4 is 10.2 Å². The predicted molar refractivity (Wildman–Crippen MR) is 131 cm³/mol. The lowest BCUT2D eigenvalue weighted by atomic mass is 10.1. The van der Waals surface area contributed by atoms with Crippen molar-refractivity contribution < 1.29 is 14.0 Å². The van der Waals surface area contributed by atoms with Crippen molar-refractivity contribution in [3.05, 3.63) is 58.4 Å². The lowest BCUT2D eigenvalue weighted by molar-refractivity contribution is -0.116. The first kappa shape index (κ1) is 24.0. The molecule has 2 heterocycles. The van der Waals surface area contributed by atoms with E-state index in [1.165, 1.54) is 28.8 Å². The number of piperazine rings is 1. The van der Waals surface area contributed by atoms with Gasteiger partial charge < -0.3 is 20.0 Å². The normalized spacial score (nSPS) is 17.2. The second kappa shape index (κ2) is 10.9. The van der Waals surface area contributed by atoms with Gasteiger partial charge in [-0.3, -0.25) is 9.59 Å². The fourth-order valence-electron chi connectivity index (χ4n) is 4.04. The molecule has 2 aromatic rings. The minimum Gasteiger partial charge on any atom is -0.352 e. The number of hydrogen-bond acceptors (Lipinski definition) is 5. The Morgan fingerprint density at radius 2 is 1.97 bits per heavy atom. The summed E-state index contributed by atoms with van der Waals surface area (Å²) in [5.41, 5.74) is 1.36. The molecule has 2 aromatic carbocycles. The van der Waals surface area contributed by atoms with Gasteiger partial charge in [0.2, 0.25) is 5.91 Å². The second-order valence-corrected chi connectivity index (χ2v) is 9.83. The molecule has 0 radical (unpaired) electrons. The van der Waals surface area contributed by atoms with E-state index in [1.807, 2.05) is 6.07 Å². The van der Waals surface area contributed by atoms with Gasteiger partial charge in [-0.25, -0.2) is 4.39 Å². The molecule has 2 amide bonds. The molecule has 0 unspecified atom stereocenters. The highest BCUT2D eigenvalue weighted by Gasteiger charge is 2.27. The van der Waals surface area contributed by atoms with E-state index in [2.05, 4.69) is 22.2 Å². The van der Waals surface area contributed by atoms with Crippen molar-refractivity contribution in [2.75, 3.05) is 57.0 Å². The molecule has 0 atom stereocenters. The molecular formula is C24H28ClFN4O2S. The van der Waals surface area contributed by atoms with Gasteiger partial charge in [0, 0.05) is 53.8 Å². The molecule has 6 nitrogen and oxygen atoms in total. The van der Waals surface area contributed by atoms with Gasteiger partial charge in [-0.2, -0.15) is 0 Å². The Morgan fingerprint density at radius 1 is 1.18 bits per heavy atom. The summed E-state index contributed by atoms with van der Waals surface area (Å²) in [6, 6.07) is 9.81. The van der Waals surface area contributed by atoms with Crippen LogP contribution in [0.1, 0.15) is 22.3 Å². The summed E-state index contributed by atoms with van der Waals surface area (Å²) in [6.07, 6.45) is 0.882. The van der Waals surface area contributed by atoms with Crippen molar-refractivity contribution in [3.63, 3.8) is 0 Å². The summed E-state index contributed by atoms with van der Waals surface area (Å²) >= 11 is 7.61. The van der Waals surface area contributed by atoms with E-state index >= 15 is 0 Å². The highest BCUT2D eigenvalue weighted by molar-refractivity contribution is 8.00. The maximum absolute atomic E-state index is 14.3. The first-order valence-electron chi connectivity index (χ1n) is 11.1. The van der Waals surface area contributed by atoms with Crippen LogP contribution in [-0.2, 0) is 11.3 Å². The molecule has 0 bridgehead atoms. The van der Waals surface area contributed by atoms with Gasteiger partial charge in [0.05, 0.1) is 18.0 Å². The van der Waals surface area contributed by atoms with Gasteiger partial charge in [0.1, 0.15) is 5.82 Å². The third-order valence-electron chi connectivity index (χ3n) is 6.07. The molecule has 1 fully saturated rings. The van der Waals surface area contributed by atoms with Gasteiger partial charge in [-0.1, -0.05) is 17.7 Å². The Labute approximate surface area is 203 Å². The van der Waals surface area contributed by atoms with Crippen LogP contribution in [0.3, 0.4) is 0 Å². The van der Waals surface area contributed by atoms with Crippen LogP contribution in [0.25, 0.3) is 0 Å². The number of carbonyl (C=O) groups is 2. The summed E-state index contributed by atoms with van der Waals surface area (Å²) in [6.45, 7) is 5.84. The van der Waals surface area contributed by atoms with E-state index in [0.29, 0.717) is 17.8 Å². The van der Waals surface area contributed by atoms with Gasteiger partial charge in [-0.05, 0) is 50.3 Å². The third-order valence-corrected chi connectivity index (χ3v) is 7.48. The average molecular weight is 491 g/mol. The van der Waals surface area contributed by atoms with E-state index < -0.39 is 5.82 Å². The number of hydrogen-bond donors (Lipinski definition) is 1. The molecule has 33 heavy (non-hydrogen) atoms. The van der Waals surface area contributed by atoms with Crippen LogP contribution in [0.15, 0.2) is 41.3 Å². The minimum atomic E-state index is -0.454. The Balaban J connectivity index is 1.40. The molecule has 176 valence electrons. The number of benzene rings is 2. The van der Waals surface area contributed by atoms with Gasteiger partial charge in [-0.15, -0.1) is 11.8 Å². The number of thioether (sulfide) groups is 1. The zero-order chi connectivity index (χ0) is 23.4. The monoisotopic (exact) mass is 490 g/mol. The summed E-state index contributed by atoms with van der Waals surface area (Å²) in [7, 11) is 2.13. The summed E-state index contributed by atoms with van der Waals surface area (Å²) in [5.74, 6) is -0.513. The molecule has 2 aliphatic heterocycles. The minimum absolute atomic E-state index is 0.0218. The first-order chi connectivity index (χ1) is 15.9. The first-order valence-corrected chi connectivity index (χ1v) is 12.5. The van der Waals surface area contributed by atoms with E-state index in [4.69, 9.17) is 11.6 Å². The van der Waals surface area contributed by atoms with Crippen molar-refractivity contribution in [1.29, 1.82) is 0 Å². The van der Waals surface area contributed by atoms with Crippen LogP contribution in [0.2, 0.25) is 5.02 Å². The summed E-state index contributed by atoms with van der Waals surface area (Å²) < 4.78 is 14.3. The average Bonchev–Trinajstić information content (AvgIpc) is 2.81. The van der Waals surface area contributed by atoms with E-state index in [9.17, 15) is 14.0 Å². The van der Waals surface area contributed by atoms with E-state index in [1.54, 1.807) is 18.2 Å². The number of anilines is 1. The quantitative estimate of drug-likeness (QED) is 0.602. The Bertz CT molecular complexity index is 1010. The Morgan fingerprint density at radius 3 is 2.73 bits per heavy atom. The number of likely N-dealkylation sites (N-methyl/N-ethyl adjacent to an activating group) is 1. The fraction of sp³-hybridized carbons (Fsp3) is 0.417. The maximum atomic E-state index is 14.3. The Kier molecular flexibility index (Phi) is 7.90. The van der Waals surface area contributed by atoms with Crippen molar-refractivity contribution >= 4 is 40.9 Å². The molecule has 9 heteroatoms. The van der Waals surface area contributed by atoms with Gasteiger partial charge in [0.15, 0.2) is 0 Å². The molecule has 2 aliphatic rings. The molecule has 0 aromatic heterocycles. The molecule has 1 N–H and O–H groups in total. The van der Waals surface area contributed by atoms with Gasteiger partial charge >= 0.3 is 0 Å². The van der Waals surface area contributed by atoms with E-state index in [-0.39, 0.29) is 34.7 Å². The highest BCUT2D eigenvalue weighted by Crippen LogP contribution is 2.37. The molecule has 1 saturated heterocycles. The number of carbonyl (C=O) groups excluding carboxylic acids is 2. The number of amides is 2. The zero-order valence-electron chi connectivity index (χ0n) is 18.7. The molecule has 0 saturated carbocycles. The maximum Gasteiger partial charge on any atom is 0.251 e. The second-order valence-electron chi connectivity index (χ2n) is 8.41. The fourth-order valence-corrected chi connectivity index (χ4v) is 5.18. The van der Waals surface area contributed by atoms with Crippen LogP contribution >= 0.6 is 23.4 Å². The highest BCUT2D eigenvalue weighted by atomic mass is 35.5. The van der Waals surface area contributed by atoms with Gasteiger partial charge in [0.25, 0.3) is 5.91 Å². The number of fused-ring (bicyclic) bond motifs is 1. The smallest absolute Gasteiger partial charge is 0.251 e. The topological polar surface area (TPSA) is 55.9 Å². The van der Waals surface area contributed by atoms with Crippen LogP contribution in [-0.4, -0.2) is 73.7 Å². The van der Waals surface area contributed by atoms with Crippen molar-refractivity contribution in [2.24, 2.45) is 0 Å². The number of nitrogens with zero attached hydrogens (tertiary/aromatic N) is 3. The largest absolute Gasteiger partial charge is 0.352 e. The third kappa shape index (κ3) is 5.87. The lowest BCUT2D eigenvalue weighted by Gasteiger charge is -2.32. The summed E-state index contributed by atoms with van der Waals surface area (Å²) in [4.78, 5) is 32.6. The van der Waals surface area contributed by atoms with Crippen molar-refractivity contribution in [2.45, 2.75) is 17.9 Å². The van der Waals surface area contributed by atoms with E-state index in [0.717, 1.165) is 44.0 Å². The molecular weight excluding hydrogens is 463 g/mol. The Hall–Kier alpha value is -2.13. The van der Waals surface area contributed by atoms with Crippen LogP contribution in [0.4, 0.5) is 10.1 Å². The zero-order valence-corrected chi connectivity index (χ0v) is 20.2. The number of rotatable bonds is 7. The predicted octanol–water partition coefficient (Wildman–Crippen LogP) is 3.49. The lowest BCUT2D eigenvalue weighted by Crippen LogP contribution is -2.45. The SMILES string of the molecule is CN1CCN(CCCNC(=O)c2ccc3c(c2)N(Cc2c(F)cccc2Cl)C(=O)CS3)CC1. The molecule has 0 aliphatic carbocycles.